The highest BCUT2D eigenvalue weighted by Gasteiger charge is 2.12. The molecule has 0 unspecified atom stereocenters. The van der Waals surface area contributed by atoms with Crippen molar-refractivity contribution in [1.82, 2.24) is 9.97 Å². The van der Waals surface area contributed by atoms with E-state index in [0.717, 1.165) is 15.8 Å². The summed E-state index contributed by atoms with van der Waals surface area (Å²) in [5.41, 5.74) is 1.86. The first-order valence-electron chi connectivity index (χ1n) is 5.60. The molecule has 3 rings (SSSR count). The molecule has 3 aromatic rings. The topological polar surface area (TPSA) is 42.9 Å². The summed E-state index contributed by atoms with van der Waals surface area (Å²) >= 11 is 1.45. The fraction of sp³-hybridized carbons (Fsp3) is 0.0714. The first kappa shape index (κ1) is 11.0. The van der Waals surface area contributed by atoms with Gasteiger partial charge in [-0.15, -0.1) is 11.3 Å². The van der Waals surface area contributed by atoms with Gasteiger partial charge in [-0.25, -0.2) is 4.98 Å². The maximum Gasteiger partial charge on any atom is 0.195 e. The first-order valence-corrected chi connectivity index (χ1v) is 6.42. The molecule has 4 heteroatoms. The van der Waals surface area contributed by atoms with Crippen LogP contribution in [-0.2, 0) is 6.42 Å². The van der Waals surface area contributed by atoms with Gasteiger partial charge in [-0.2, -0.15) is 0 Å². The molecule has 0 aliphatic heterocycles. The van der Waals surface area contributed by atoms with E-state index in [1.54, 1.807) is 12.4 Å². The SMILES string of the molecule is O=C(Cc1ccncc1)c1nc2ccccc2s1. The lowest BCUT2D eigenvalue weighted by atomic mass is 10.1. The summed E-state index contributed by atoms with van der Waals surface area (Å²) in [4.78, 5) is 20.4. The molecule has 0 saturated carbocycles. The van der Waals surface area contributed by atoms with Crippen molar-refractivity contribution in [1.29, 1.82) is 0 Å². The molecule has 0 amide bonds. The number of carbonyl (C=O) groups excluding carboxylic acids is 1. The Morgan fingerprint density at radius 2 is 1.89 bits per heavy atom. The summed E-state index contributed by atoms with van der Waals surface area (Å²) in [6.07, 6.45) is 3.77. The second-order valence-electron chi connectivity index (χ2n) is 3.94. The predicted molar refractivity (Wildman–Crippen MR) is 71.9 cm³/mol. The van der Waals surface area contributed by atoms with Gasteiger partial charge in [0.25, 0.3) is 0 Å². The quantitative estimate of drug-likeness (QED) is 0.674. The van der Waals surface area contributed by atoms with Crippen LogP contribution in [0.25, 0.3) is 10.2 Å². The number of hydrogen-bond acceptors (Lipinski definition) is 4. The third-order valence-corrected chi connectivity index (χ3v) is 3.72. The highest BCUT2D eigenvalue weighted by molar-refractivity contribution is 7.20. The Kier molecular flexibility index (Phi) is 2.86. The number of fused-ring (bicyclic) bond motifs is 1. The molecule has 0 fully saturated rings. The molecule has 0 aliphatic carbocycles. The second-order valence-corrected chi connectivity index (χ2v) is 4.97. The lowest BCUT2D eigenvalue weighted by Crippen LogP contribution is -2.02. The zero-order valence-electron chi connectivity index (χ0n) is 9.54. The average Bonchev–Trinajstić information content (AvgIpc) is 2.84. The highest BCUT2D eigenvalue weighted by Crippen LogP contribution is 2.22. The Hall–Kier alpha value is -2.07. The molecule has 0 aliphatic rings. The standard InChI is InChI=1S/C14H10N2OS/c17-12(9-10-5-7-15-8-6-10)14-16-11-3-1-2-4-13(11)18-14/h1-8H,9H2. The van der Waals surface area contributed by atoms with Gasteiger partial charge in [0.2, 0.25) is 0 Å². The molecular formula is C14H10N2OS. The van der Waals surface area contributed by atoms with Crippen LogP contribution in [0.3, 0.4) is 0 Å². The molecule has 18 heavy (non-hydrogen) atoms. The van der Waals surface area contributed by atoms with E-state index in [1.165, 1.54) is 11.3 Å². The lowest BCUT2D eigenvalue weighted by Gasteiger charge is -1.96. The summed E-state index contributed by atoms with van der Waals surface area (Å²) in [7, 11) is 0. The predicted octanol–water partition coefficient (Wildman–Crippen LogP) is 3.12. The maximum atomic E-state index is 12.1. The van der Waals surface area contributed by atoms with Crippen LogP contribution in [-0.4, -0.2) is 15.8 Å². The average molecular weight is 254 g/mol. The van der Waals surface area contributed by atoms with Gasteiger partial charge in [0.05, 0.1) is 10.2 Å². The summed E-state index contributed by atoms with van der Waals surface area (Å²) in [5.74, 6) is 0.0578. The van der Waals surface area contributed by atoms with Crippen molar-refractivity contribution in [3.63, 3.8) is 0 Å². The molecule has 0 atom stereocenters. The second kappa shape index (κ2) is 4.66. The number of aromatic nitrogens is 2. The number of carbonyl (C=O) groups is 1. The van der Waals surface area contributed by atoms with Gasteiger partial charge in [0.15, 0.2) is 10.8 Å². The van der Waals surface area contributed by atoms with Crippen molar-refractivity contribution in [3.05, 3.63) is 59.4 Å². The van der Waals surface area contributed by atoms with E-state index < -0.39 is 0 Å². The largest absolute Gasteiger partial charge is 0.291 e. The molecular weight excluding hydrogens is 244 g/mol. The Morgan fingerprint density at radius 1 is 1.11 bits per heavy atom. The fourth-order valence-electron chi connectivity index (χ4n) is 1.75. The number of thiazole rings is 1. The Morgan fingerprint density at radius 3 is 2.67 bits per heavy atom. The molecule has 0 radical (unpaired) electrons. The zero-order chi connectivity index (χ0) is 12.4. The van der Waals surface area contributed by atoms with Crippen LogP contribution in [0.5, 0.6) is 0 Å². The minimum Gasteiger partial charge on any atom is -0.291 e. The number of ketones is 1. The van der Waals surface area contributed by atoms with E-state index in [9.17, 15) is 4.79 Å². The monoisotopic (exact) mass is 254 g/mol. The summed E-state index contributed by atoms with van der Waals surface area (Å²) in [6, 6.07) is 11.5. The van der Waals surface area contributed by atoms with Crippen LogP contribution in [0.15, 0.2) is 48.8 Å². The molecule has 2 heterocycles. The molecule has 1 aromatic carbocycles. The normalized spacial score (nSPS) is 10.7. The van der Waals surface area contributed by atoms with Crippen molar-refractivity contribution >= 4 is 27.3 Å². The van der Waals surface area contributed by atoms with Crippen LogP contribution in [0.1, 0.15) is 15.4 Å². The maximum absolute atomic E-state index is 12.1. The third-order valence-electron chi connectivity index (χ3n) is 2.65. The Bertz CT molecular complexity index is 658. The molecule has 0 saturated heterocycles. The van der Waals surface area contributed by atoms with Crippen molar-refractivity contribution in [2.75, 3.05) is 0 Å². The zero-order valence-corrected chi connectivity index (χ0v) is 10.4. The smallest absolute Gasteiger partial charge is 0.195 e. The third kappa shape index (κ3) is 2.15. The number of benzene rings is 1. The Balaban J connectivity index is 1.88. The molecule has 0 spiro atoms. The van der Waals surface area contributed by atoms with E-state index >= 15 is 0 Å². The van der Waals surface area contributed by atoms with E-state index in [0.29, 0.717) is 11.4 Å². The van der Waals surface area contributed by atoms with Gasteiger partial charge in [0.1, 0.15) is 0 Å². The minimum absolute atomic E-state index is 0.0578. The molecule has 0 bridgehead atoms. The van der Waals surface area contributed by atoms with E-state index in [-0.39, 0.29) is 5.78 Å². The van der Waals surface area contributed by atoms with Crippen molar-refractivity contribution in [2.24, 2.45) is 0 Å². The minimum atomic E-state index is 0.0578. The number of para-hydroxylation sites is 1. The van der Waals surface area contributed by atoms with Gasteiger partial charge < -0.3 is 0 Å². The summed E-state index contributed by atoms with van der Waals surface area (Å²) in [5, 5.41) is 0.577. The van der Waals surface area contributed by atoms with Gasteiger partial charge >= 0.3 is 0 Å². The van der Waals surface area contributed by atoms with Crippen LogP contribution in [0.4, 0.5) is 0 Å². The van der Waals surface area contributed by atoms with E-state index in [2.05, 4.69) is 9.97 Å². The van der Waals surface area contributed by atoms with Crippen LogP contribution in [0, 0.1) is 0 Å². The van der Waals surface area contributed by atoms with E-state index in [1.807, 2.05) is 36.4 Å². The number of nitrogens with zero attached hydrogens (tertiary/aromatic N) is 2. The Labute approximate surface area is 108 Å². The molecule has 3 nitrogen and oxygen atoms in total. The fourth-order valence-corrected chi connectivity index (χ4v) is 2.66. The van der Waals surface area contributed by atoms with Crippen molar-refractivity contribution < 1.29 is 4.79 Å². The summed E-state index contributed by atoms with van der Waals surface area (Å²) in [6.45, 7) is 0. The van der Waals surface area contributed by atoms with Gasteiger partial charge in [-0.1, -0.05) is 12.1 Å². The first-order chi connectivity index (χ1) is 8.83. The van der Waals surface area contributed by atoms with Crippen LogP contribution in [0.2, 0.25) is 0 Å². The van der Waals surface area contributed by atoms with Crippen molar-refractivity contribution in [3.8, 4) is 0 Å². The van der Waals surface area contributed by atoms with Gasteiger partial charge in [-0.05, 0) is 29.8 Å². The van der Waals surface area contributed by atoms with Crippen molar-refractivity contribution in [2.45, 2.75) is 6.42 Å². The number of hydrogen-bond donors (Lipinski definition) is 0. The van der Waals surface area contributed by atoms with Crippen LogP contribution < -0.4 is 0 Å². The summed E-state index contributed by atoms with van der Waals surface area (Å²) < 4.78 is 1.05. The van der Waals surface area contributed by atoms with E-state index in [4.69, 9.17) is 0 Å². The van der Waals surface area contributed by atoms with Crippen LogP contribution >= 0.6 is 11.3 Å². The number of pyridine rings is 1. The molecule has 2 aromatic heterocycles. The highest BCUT2D eigenvalue weighted by atomic mass is 32.1. The molecule has 0 N–H and O–H groups in total. The lowest BCUT2D eigenvalue weighted by molar-refractivity contribution is 0.0993. The van der Waals surface area contributed by atoms with Gasteiger partial charge in [0, 0.05) is 18.8 Å². The molecule has 88 valence electrons. The number of Topliss-reactive ketones (excluding diaryl/α,β-unsaturated/α-hetero) is 1. The van der Waals surface area contributed by atoms with Gasteiger partial charge in [-0.3, -0.25) is 9.78 Å². The number of rotatable bonds is 3.